The highest BCUT2D eigenvalue weighted by molar-refractivity contribution is 7.91. The number of nitrogen functional groups attached to an aromatic ring is 1. The van der Waals surface area contributed by atoms with Crippen molar-refractivity contribution in [2.45, 2.75) is 9.79 Å². The minimum Gasteiger partial charge on any atom is -0.366 e. The van der Waals surface area contributed by atoms with Crippen LogP contribution >= 0.6 is 0 Å². The Bertz CT molecular complexity index is 841. The van der Waals surface area contributed by atoms with Crippen LogP contribution in [-0.2, 0) is 9.84 Å². The highest BCUT2D eigenvalue weighted by Gasteiger charge is 2.18. The van der Waals surface area contributed by atoms with Gasteiger partial charge in [0.2, 0.25) is 15.8 Å². The average Bonchev–Trinajstić information content (AvgIpc) is 2.78. The average molecular weight is 274 g/mol. The van der Waals surface area contributed by atoms with Crippen molar-refractivity contribution in [1.82, 2.24) is 14.6 Å². The summed E-state index contributed by atoms with van der Waals surface area (Å²) in [6.07, 6.45) is 1.40. The van der Waals surface area contributed by atoms with E-state index in [-0.39, 0.29) is 15.7 Å². The molecule has 0 saturated heterocycles. The predicted octanol–water partition coefficient (Wildman–Crippen LogP) is 1.14. The normalized spacial score (nSPS) is 11.8. The number of rotatable bonds is 2. The maximum atomic E-state index is 12.4. The molecule has 0 bridgehead atoms. The predicted molar refractivity (Wildman–Crippen MR) is 69.3 cm³/mol. The van der Waals surface area contributed by atoms with E-state index in [1.165, 1.54) is 16.8 Å². The summed E-state index contributed by atoms with van der Waals surface area (Å²) in [5.41, 5.74) is 5.97. The molecule has 2 aromatic heterocycles. The molecule has 0 aliphatic carbocycles. The molecule has 2 heterocycles. The van der Waals surface area contributed by atoms with E-state index in [0.29, 0.717) is 5.65 Å². The third-order valence-corrected chi connectivity index (χ3v) is 4.44. The molecule has 0 amide bonds. The molecule has 1 aromatic carbocycles. The second-order valence-corrected chi connectivity index (χ2v) is 5.90. The quantitative estimate of drug-likeness (QED) is 0.757. The molecule has 3 aromatic rings. The van der Waals surface area contributed by atoms with Crippen molar-refractivity contribution in [2.75, 3.05) is 5.73 Å². The van der Waals surface area contributed by atoms with Crippen molar-refractivity contribution in [3.63, 3.8) is 0 Å². The number of benzene rings is 1. The zero-order chi connectivity index (χ0) is 13.5. The van der Waals surface area contributed by atoms with Crippen LogP contribution in [0, 0.1) is 0 Å². The molecule has 2 N–H and O–H groups in total. The van der Waals surface area contributed by atoms with Gasteiger partial charge in [0, 0.05) is 0 Å². The van der Waals surface area contributed by atoms with Crippen LogP contribution in [0.1, 0.15) is 0 Å². The minimum atomic E-state index is -3.55. The molecule has 0 unspecified atom stereocenters. The first-order valence-corrected chi connectivity index (χ1v) is 6.98. The summed E-state index contributed by atoms with van der Waals surface area (Å²) < 4.78 is 26.1. The molecule has 6 nitrogen and oxygen atoms in total. The lowest BCUT2D eigenvalue weighted by Crippen LogP contribution is -2.03. The lowest BCUT2D eigenvalue weighted by molar-refractivity contribution is 0.595. The highest BCUT2D eigenvalue weighted by atomic mass is 32.2. The molecule has 0 radical (unpaired) electrons. The molecular formula is C12H10N4O2S. The molecule has 0 saturated carbocycles. The molecule has 0 aliphatic rings. The van der Waals surface area contributed by atoms with Gasteiger partial charge in [0.25, 0.3) is 0 Å². The van der Waals surface area contributed by atoms with Crippen molar-refractivity contribution in [3.8, 4) is 0 Å². The maximum absolute atomic E-state index is 12.4. The van der Waals surface area contributed by atoms with Crippen LogP contribution < -0.4 is 5.73 Å². The lowest BCUT2D eigenvalue weighted by Gasteiger charge is -2.04. The number of sulfone groups is 1. The van der Waals surface area contributed by atoms with E-state index in [0.717, 1.165) is 0 Å². The molecule has 96 valence electrons. The Kier molecular flexibility index (Phi) is 2.49. The highest BCUT2D eigenvalue weighted by Crippen LogP contribution is 2.20. The lowest BCUT2D eigenvalue weighted by atomic mass is 10.4. The van der Waals surface area contributed by atoms with E-state index in [9.17, 15) is 8.42 Å². The summed E-state index contributed by atoms with van der Waals surface area (Å²) >= 11 is 0. The molecule has 0 spiro atoms. The van der Waals surface area contributed by atoms with Gasteiger partial charge in [0.05, 0.1) is 16.0 Å². The molecule has 3 rings (SSSR count). The van der Waals surface area contributed by atoms with Crippen LogP contribution in [-0.4, -0.2) is 23.0 Å². The maximum Gasteiger partial charge on any atom is 0.240 e. The van der Waals surface area contributed by atoms with E-state index in [2.05, 4.69) is 10.1 Å². The Morgan fingerprint density at radius 3 is 2.47 bits per heavy atom. The van der Waals surface area contributed by atoms with E-state index in [4.69, 9.17) is 5.73 Å². The Hall–Kier alpha value is -2.41. The van der Waals surface area contributed by atoms with Gasteiger partial charge in [-0.2, -0.15) is 4.98 Å². The Labute approximate surface area is 109 Å². The third kappa shape index (κ3) is 1.93. The van der Waals surface area contributed by atoms with Crippen molar-refractivity contribution >= 4 is 21.4 Å². The van der Waals surface area contributed by atoms with Gasteiger partial charge in [0.1, 0.15) is 0 Å². The first-order valence-electron chi connectivity index (χ1n) is 5.49. The molecule has 0 atom stereocenters. The molecule has 0 aliphatic heterocycles. The van der Waals surface area contributed by atoms with E-state index < -0.39 is 9.84 Å². The second-order valence-electron chi connectivity index (χ2n) is 3.95. The molecule has 19 heavy (non-hydrogen) atoms. The largest absolute Gasteiger partial charge is 0.366 e. The number of nitrogens with zero attached hydrogens (tertiary/aromatic N) is 3. The van der Waals surface area contributed by atoms with Gasteiger partial charge in [-0.05, 0) is 24.3 Å². The summed E-state index contributed by atoms with van der Waals surface area (Å²) in [5.74, 6) is 0.106. The van der Waals surface area contributed by atoms with E-state index in [1.54, 1.807) is 36.4 Å². The van der Waals surface area contributed by atoms with Crippen LogP contribution in [0.3, 0.4) is 0 Å². The van der Waals surface area contributed by atoms with Gasteiger partial charge in [-0.15, -0.1) is 5.10 Å². The van der Waals surface area contributed by atoms with Crippen LogP contribution in [0.25, 0.3) is 5.65 Å². The van der Waals surface area contributed by atoms with Crippen molar-refractivity contribution in [1.29, 1.82) is 0 Å². The number of hydrogen-bond donors (Lipinski definition) is 1. The number of pyridine rings is 1. The first kappa shape index (κ1) is 11.7. The van der Waals surface area contributed by atoms with Crippen LogP contribution in [0.2, 0.25) is 0 Å². The summed E-state index contributed by atoms with van der Waals surface area (Å²) in [6, 6.07) is 11.3. The summed E-state index contributed by atoms with van der Waals surface area (Å²) in [6.45, 7) is 0. The summed E-state index contributed by atoms with van der Waals surface area (Å²) in [4.78, 5) is 4.33. The fourth-order valence-corrected chi connectivity index (χ4v) is 3.05. The number of anilines is 1. The van der Waals surface area contributed by atoms with Crippen LogP contribution in [0.4, 0.5) is 5.95 Å². The molecular weight excluding hydrogens is 264 g/mol. The number of aromatic nitrogens is 3. The minimum absolute atomic E-state index is 0.106. The SMILES string of the molecule is Nc1nc2ccc(S(=O)(=O)c3ccccc3)cn2n1. The second kappa shape index (κ2) is 4.06. The Balaban J connectivity index is 2.18. The topological polar surface area (TPSA) is 90.3 Å². The smallest absolute Gasteiger partial charge is 0.240 e. The standard InChI is InChI=1S/C12H10N4O2S/c13-12-14-11-7-6-10(8-16(11)15-12)19(17,18)9-4-2-1-3-5-9/h1-8H,(H2,13,15). The molecule has 0 fully saturated rings. The Morgan fingerprint density at radius 2 is 1.74 bits per heavy atom. The van der Waals surface area contributed by atoms with Gasteiger partial charge in [0.15, 0.2) is 5.65 Å². The Morgan fingerprint density at radius 1 is 1.00 bits per heavy atom. The van der Waals surface area contributed by atoms with Crippen molar-refractivity contribution in [2.24, 2.45) is 0 Å². The fraction of sp³-hybridized carbons (Fsp3) is 0. The van der Waals surface area contributed by atoms with Gasteiger partial charge < -0.3 is 5.73 Å². The van der Waals surface area contributed by atoms with Gasteiger partial charge in [-0.25, -0.2) is 12.9 Å². The van der Waals surface area contributed by atoms with Gasteiger partial charge >= 0.3 is 0 Å². The van der Waals surface area contributed by atoms with Crippen molar-refractivity contribution in [3.05, 3.63) is 48.7 Å². The van der Waals surface area contributed by atoms with Crippen LogP contribution in [0.5, 0.6) is 0 Å². The number of hydrogen-bond acceptors (Lipinski definition) is 5. The van der Waals surface area contributed by atoms with E-state index >= 15 is 0 Å². The van der Waals surface area contributed by atoms with Gasteiger partial charge in [-0.3, -0.25) is 0 Å². The third-order valence-electron chi connectivity index (χ3n) is 2.68. The zero-order valence-electron chi connectivity index (χ0n) is 9.76. The number of fused-ring (bicyclic) bond motifs is 1. The zero-order valence-corrected chi connectivity index (χ0v) is 10.6. The van der Waals surface area contributed by atoms with Crippen LogP contribution in [0.15, 0.2) is 58.5 Å². The van der Waals surface area contributed by atoms with Crippen molar-refractivity contribution < 1.29 is 8.42 Å². The van der Waals surface area contributed by atoms with E-state index in [1.807, 2.05) is 0 Å². The molecule has 7 heteroatoms. The first-order chi connectivity index (χ1) is 9.07. The number of nitrogens with two attached hydrogens (primary N) is 1. The summed E-state index contributed by atoms with van der Waals surface area (Å²) in [5, 5.41) is 3.90. The van der Waals surface area contributed by atoms with Gasteiger partial charge in [-0.1, -0.05) is 18.2 Å². The fourth-order valence-electron chi connectivity index (χ4n) is 1.78. The summed E-state index contributed by atoms with van der Waals surface area (Å²) in [7, 11) is -3.55. The monoisotopic (exact) mass is 274 g/mol.